The lowest BCUT2D eigenvalue weighted by Crippen LogP contribution is -2.45. The van der Waals surface area contributed by atoms with Crippen molar-refractivity contribution >= 4 is 11.7 Å². The lowest BCUT2D eigenvalue weighted by Gasteiger charge is -2.36. The Morgan fingerprint density at radius 2 is 1.73 bits per heavy atom. The van der Waals surface area contributed by atoms with Crippen LogP contribution in [0, 0.1) is 0 Å². The molecular formula is C26H29N3O4. The molecule has 0 radical (unpaired) electrons. The SMILES string of the molecule is CC(C)Oc1cc(CN2CCN(c3ccc(C(=O)O)cc3)CC2)cc(-c2cncc(O)c2)c1. The smallest absolute Gasteiger partial charge is 0.335 e. The Bertz CT molecular complexity index is 1110. The number of hydrogen-bond donors (Lipinski definition) is 2. The highest BCUT2D eigenvalue weighted by atomic mass is 16.5. The number of benzene rings is 2. The predicted molar refractivity (Wildman–Crippen MR) is 128 cm³/mol. The van der Waals surface area contributed by atoms with Crippen LogP contribution in [0.5, 0.6) is 11.5 Å². The zero-order valence-corrected chi connectivity index (χ0v) is 18.9. The van der Waals surface area contributed by atoms with Gasteiger partial charge in [0.05, 0.1) is 17.9 Å². The summed E-state index contributed by atoms with van der Waals surface area (Å²) >= 11 is 0. The molecule has 0 atom stereocenters. The van der Waals surface area contributed by atoms with Gasteiger partial charge in [-0.25, -0.2) is 4.79 Å². The summed E-state index contributed by atoms with van der Waals surface area (Å²) in [6.45, 7) is 8.35. The summed E-state index contributed by atoms with van der Waals surface area (Å²) in [5, 5.41) is 18.9. The fourth-order valence-corrected chi connectivity index (χ4v) is 4.08. The molecule has 3 aromatic rings. The third-order valence-electron chi connectivity index (χ3n) is 5.65. The molecule has 0 bridgehead atoms. The van der Waals surface area contributed by atoms with E-state index >= 15 is 0 Å². The van der Waals surface area contributed by atoms with Gasteiger partial charge in [-0.05, 0) is 73.5 Å². The van der Waals surface area contributed by atoms with Gasteiger partial charge in [0.1, 0.15) is 11.5 Å². The largest absolute Gasteiger partial charge is 0.506 e. The Morgan fingerprint density at radius 3 is 2.36 bits per heavy atom. The molecule has 7 heteroatoms. The molecule has 2 aromatic carbocycles. The highest BCUT2D eigenvalue weighted by molar-refractivity contribution is 5.88. The van der Waals surface area contributed by atoms with Gasteiger partial charge in [-0.2, -0.15) is 0 Å². The molecule has 1 aliphatic heterocycles. The van der Waals surface area contributed by atoms with Gasteiger partial charge in [-0.15, -0.1) is 0 Å². The van der Waals surface area contributed by atoms with Crippen LogP contribution in [0.3, 0.4) is 0 Å². The van der Waals surface area contributed by atoms with Gasteiger partial charge in [0, 0.05) is 50.2 Å². The molecular weight excluding hydrogens is 418 g/mol. The van der Waals surface area contributed by atoms with Crippen LogP contribution in [0.25, 0.3) is 11.1 Å². The Kier molecular flexibility index (Phi) is 6.79. The zero-order chi connectivity index (χ0) is 23.4. The van der Waals surface area contributed by atoms with Crippen molar-refractivity contribution in [1.82, 2.24) is 9.88 Å². The number of ether oxygens (including phenoxy) is 1. The summed E-state index contributed by atoms with van der Waals surface area (Å²) in [5.74, 6) is 0.0330. The fraction of sp³-hybridized carbons (Fsp3) is 0.308. The van der Waals surface area contributed by atoms with Gasteiger partial charge >= 0.3 is 5.97 Å². The average Bonchev–Trinajstić information content (AvgIpc) is 2.79. The molecule has 0 unspecified atom stereocenters. The first-order chi connectivity index (χ1) is 15.9. The number of nitrogens with zero attached hydrogens (tertiary/aromatic N) is 3. The first-order valence-corrected chi connectivity index (χ1v) is 11.1. The second-order valence-electron chi connectivity index (χ2n) is 8.58. The zero-order valence-electron chi connectivity index (χ0n) is 18.9. The van der Waals surface area contributed by atoms with Crippen molar-refractivity contribution in [3.8, 4) is 22.6 Å². The van der Waals surface area contributed by atoms with Crippen molar-refractivity contribution in [2.24, 2.45) is 0 Å². The molecule has 2 heterocycles. The molecule has 0 saturated carbocycles. The summed E-state index contributed by atoms with van der Waals surface area (Å²) in [4.78, 5) is 19.9. The van der Waals surface area contributed by atoms with Gasteiger partial charge in [0.15, 0.2) is 0 Å². The Balaban J connectivity index is 1.46. The van der Waals surface area contributed by atoms with Crippen LogP contribution in [0.2, 0.25) is 0 Å². The third-order valence-corrected chi connectivity index (χ3v) is 5.65. The molecule has 1 aromatic heterocycles. The summed E-state index contributed by atoms with van der Waals surface area (Å²) in [7, 11) is 0. The van der Waals surface area contributed by atoms with Crippen molar-refractivity contribution < 1.29 is 19.7 Å². The number of anilines is 1. The number of rotatable bonds is 7. The highest BCUT2D eigenvalue weighted by Gasteiger charge is 2.18. The van der Waals surface area contributed by atoms with Gasteiger partial charge in [-0.3, -0.25) is 9.88 Å². The van der Waals surface area contributed by atoms with E-state index in [2.05, 4.69) is 26.9 Å². The number of pyridine rings is 1. The molecule has 0 aliphatic carbocycles. The molecule has 1 saturated heterocycles. The molecule has 4 rings (SSSR count). The van der Waals surface area contributed by atoms with Crippen molar-refractivity contribution in [1.29, 1.82) is 0 Å². The Labute approximate surface area is 193 Å². The standard InChI is InChI=1S/C26H29N3O4/c1-18(2)33-25-12-19(11-21(14-25)22-13-24(30)16-27-15-22)17-28-7-9-29(10-8-28)23-5-3-20(4-6-23)26(31)32/h3-6,11-16,18,30H,7-10,17H2,1-2H3,(H,31,32). The maximum absolute atomic E-state index is 11.1. The Morgan fingerprint density at radius 1 is 1.00 bits per heavy atom. The second kappa shape index (κ2) is 9.92. The van der Waals surface area contributed by atoms with Crippen molar-refractivity contribution in [3.63, 3.8) is 0 Å². The fourth-order valence-electron chi connectivity index (χ4n) is 4.08. The monoisotopic (exact) mass is 447 g/mol. The van der Waals surface area contributed by atoms with Crippen molar-refractivity contribution in [3.05, 3.63) is 72.1 Å². The minimum Gasteiger partial charge on any atom is -0.506 e. The highest BCUT2D eigenvalue weighted by Crippen LogP contribution is 2.29. The number of carboxylic acid groups (broad SMARTS) is 1. The van der Waals surface area contributed by atoms with Crippen LogP contribution in [0.1, 0.15) is 29.8 Å². The van der Waals surface area contributed by atoms with E-state index in [1.807, 2.05) is 32.0 Å². The summed E-state index contributed by atoms with van der Waals surface area (Å²) in [6.07, 6.45) is 3.23. The lowest BCUT2D eigenvalue weighted by atomic mass is 10.0. The first kappa shape index (κ1) is 22.6. The quantitative estimate of drug-likeness (QED) is 0.560. The molecule has 33 heavy (non-hydrogen) atoms. The minimum atomic E-state index is -0.907. The number of carbonyl (C=O) groups is 1. The summed E-state index contributed by atoms with van der Waals surface area (Å²) in [6, 6.07) is 15.0. The van der Waals surface area contributed by atoms with E-state index in [4.69, 9.17) is 9.84 Å². The molecule has 1 aliphatic rings. The van der Waals surface area contributed by atoms with Gasteiger partial charge in [0.25, 0.3) is 0 Å². The van der Waals surface area contributed by atoms with E-state index in [1.54, 1.807) is 24.4 Å². The lowest BCUT2D eigenvalue weighted by molar-refractivity contribution is 0.0697. The molecule has 0 amide bonds. The number of piperazine rings is 1. The number of carboxylic acids is 1. The Hall–Kier alpha value is -3.58. The molecule has 172 valence electrons. The maximum atomic E-state index is 11.1. The number of aromatic nitrogens is 1. The van der Waals surface area contributed by atoms with Crippen LogP contribution < -0.4 is 9.64 Å². The minimum absolute atomic E-state index is 0.0615. The van der Waals surface area contributed by atoms with E-state index in [0.29, 0.717) is 5.56 Å². The number of aromatic carboxylic acids is 1. The van der Waals surface area contributed by atoms with Crippen LogP contribution in [0.4, 0.5) is 5.69 Å². The van der Waals surface area contributed by atoms with E-state index in [9.17, 15) is 9.90 Å². The van der Waals surface area contributed by atoms with E-state index in [0.717, 1.165) is 60.9 Å². The van der Waals surface area contributed by atoms with Crippen molar-refractivity contribution in [2.45, 2.75) is 26.5 Å². The maximum Gasteiger partial charge on any atom is 0.335 e. The number of hydrogen-bond acceptors (Lipinski definition) is 6. The van der Waals surface area contributed by atoms with Crippen LogP contribution in [-0.4, -0.2) is 58.3 Å². The van der Waals surface area contributed by atoms with Crippen LogP contribution >= 0.6 is 0 Å². The third kappa shape index (κ3) is 5.81. The second-order valence-corrected chi connectivity index (χ2v) is 8.58. The topological polar surface area (TPSA) is 86.1 Å². The molecule has 0 spiro atoms. The van der Waals surface area contributed by atoms with E-state index in [-0.39, 0.29) is 11.9 Å². The van der Waals surface area contributed by atoms with E-state index in [1.165, 1.54) is 6.20 Å². The molecule has 1 fully saturated rings. The number of aromatic hydroxyl groups is 1. The van der Waals surface area contributed by atoms with Gasteiger partial charge < -0.3 is 19.8 Å². The molecule has 2 N–H and O–H groups in total. The van der Waals surface area contributed by atoms with Gasteiger partial charge in [0.2, 0.25) is 0 Å². The predicted octanol–water partition coefficient (Wildman–Crippen LogP) is 4.26. The summed E-state index contributed by atoms with van der Waals surface area (Å²) in [5.41, 5.74) is 4.30. The van der Waals surface area contributed by atoms with Crippen molar-refractivity contribution in [2.75, 3.05) is 31.1 Å². The van der Waals surface area contributed by atoms with E-state index < -0.39 is 5.97 Å². The summed E-state index contributed by atoms with van der Waals surface area (Å²) < 4.78 is 5.99. The van der Waals surface area contributed by atoms with Gasteiger partial charge in [-0.1, -0.05) is 0 Å². The average molecular weight is 448 g/mol. The normalized spacial score (nSPS) is 14.5. The van der Waals surface area contributed by atoms with Crippen LogP contribution in [0.15, 0.2) is 60.9 Å². The molecule has 7 nitrogen and oxygen atoms in total. The van der Waals surface area contributed by atoms with Crippen LogP contribution in [-0.2, 0) is 6.54 Å². The first-order valence-electron chi connectivity index (χ1n) is 11.1.